The second-order valence-corrected chi connectivity index (χ2v) is 19.4. The molecule has 19 atom stereocenters. The standard InChI is InChI=1S/C26H16.C7H14.CH4/c1-2-4-7(5-3-1)9-10-12(9)14(10)16(12)18(14)20(16)22(18)24(20)25-21-17-13-8-6-11(8,13)15(13,17)19(17,21)23(21,25)26(22,24)25;1-7-5-3-2-4-6-7;/h7-10H,1-6H2;7H,2-6H2,1H3;1H4. The molecule has 16 spiro atoms. The molecule has 20 aliphatic carbocycles. The molecule has 0 aromatic heterocycles. The lowest BCUT2D eigenvalue weighted by molar-refractivity contribution is 0.202. The molecule has 0 N–H and O–H groups in total. The average Bonchev–Trinajstić information content (AvgIpc) is 3.60. The van der Waals surface area contributed by atoms with Gasteiger partial charge in [-0.3, -0.25) is 0 Å². The summed E-state index contributed by atoms with van der Waals surface area (Å²) in [6.07, 6.45) is 17.3. The van der Waals surface area contributed by atoms with Crippen LogP contribution in [-0.4, -0.2) is 0 Å². The SMILES string of the molecule is C.C1CCC(C2C3C24C32C43C24C32C43C24C25C67C89C%10%11C%12CC%12%10C%118C96C72C345)CC1.CC1CCCCC1. The molecule has 20 saturated carbocycles. The van der Waals surface area contributed by atoms with Gasteiger partial charge in [0.05, 0.1) is 0 Å². The van der Waals surface area contributed by atoms with E-state index in [-0.39, 0.29) is 7.43 Å². The van der Waals surface area contributed by atoms with E-state index in [0.717, 1.165) is 16.7 Å². The van der Waals surface area contributed by atoms with Crippen molar-refractivity contribution >= 4 is 0 Å². The number of hydrogen-bond donors (Lipinski definition) is 0. The Morgan fingerprint density at radius 3 is 1.62 bits per heavy atom. The zero-order valence-corrected chi connectivity index (χ0v) is 19.7. The van der Waals surface area contributed by atoms with Crippen molar-refractivity contribution in [1.29, 1.82) is 0 Å². The fraction of sp³-hybridized carbons (Fsp3) is 1.00. The van der Waals surface area contributed by atoms with E-state index < -0.39 is 0 Å². The molecule has 0 radical (unpaired) electrons. The van der Waals surface area contributed by atoms with Gasteiger partial charge >= 0.3 is 0 Å². The molecule has 0 aromatic carbocycles. The Morgan fingerprint density at radius 2 is 1.06 bits per heavy atom. The predicted octanol–water partition coefficient (Wildman–Crippen LogP) is 6.06. The quantitative estimate of drug-likeness (QED) is 0.463. The van der Waals surface area contributed by atoms with Gasteiger partial charge in [0.2, 0.25) is 0 Å². The third kappa shape index (κ3) is 0.381. The minimum Gasteiger partial charge on any atom is -0.0776 e. The van der Waals surface area contributed by atoms with Crippen LogP contribution in [0.3, 0.4) is 0 Å². The third-order valence-corrected chi connectivity index (χ3v) is 23.1. The van der Waals surface area contributed by atoms with Crippen LogP contribution in [0.2, 0.25) is 0 Å². The van der Waals surface area contributed by atoms with Crippen molar-refractivity contribution in [2.45, 2.75) is 85.0 Å². The first kappa shape index (κ1) is 14.2. The summed E-state index contributed by atoms with van der Waals surface area (Å²) in [5.74, 6) is 6.38. The lowest BCUT2D eigenvalue weighted by Gasteiger charge is -2.27. The molecule has 0 amide bonds. The maximum atomic E-state index is 2.36. The van der Waals surface area contributed by atoms with Crippen molar-refractivity contribution in [1.82, 2.24) is 0 Å². The minimum absolute atomic E-state index is 0. The van der Waals surface area contributed by atoms with E-state index in [2.05, 4.69) is 6.92 Å². The van der Waals surface area contributed by atoms with Gasteiger partial charge < -0.3 is 0 Å². The second kappa shape index (κ2) is 2.27. The van der Waals surface area contributed by atoms with Gasteiger partial charge in [0.25, 0.3) is 0 Å². The normalized spacial score (nSPS) is 111. The van der Waals surface area contributed by atoms with Crippen molar-refractivity contribution in [2.75, 3.05) is 0 Å². The van der Waals surface area contributed by atoms with Gasteiger partial charge in [0.15, 0.2) is 0 Å². The summed E-state index contributed by atoms with van der Waals surface area (Å²) in [4.78, 5) is 0. The number of rotatable bonds is 1. The van der Waals surface area contributed by atoms with Crippen molar-refractivity contribution in [2.24, 2.45) is 116 Å². The molecule has 20 aliphatic rings. The topological polar surface area (TPSA) is 0 Å². The van der Waals surface area contributed by atoms with E-state index in [1.165, 1.54) is 132 Å². The van der Waals surface area contributed by atoms with Crippen molar-refractivity contribution in [3.05, 3.63) is 0 Å². The maximum absolute atomic E-state index is 2.36. The molecule has 0 bridgehead atoms. The molecule has 0 heterocycles. The Morgan fingerprint density at radius 1 is 0.529 bits per heavy atom. The molecule has 0 heteroatoms. The monoisotopic (exact) mass is 442 g/mol. The summed E-state index contributed by atoms with van der Waals surface area (Å²) in [6.45, 7) is 2.36. The van der Waals surface area contributed by atoms with Crippen molar-refractivity contribution < 1.29 is 0 Å². The van der Waals surface area contributed by atoms with Gasteiger partial charge in [-0.15, -0.1) is 0 Å². The molecular formula is C34H34. The zero-order valence-electron chi connectivity index (χ0n) is 19.7. The zero-order chi connectivity index (χ0) is 19.7. The minimum atomic E-state index is 0. The number of hydrogen-bond acceptors (Lipinski definition) is 0. The van der Waals surface area contributed by atoms with E-state index in [1.54, 1.807) is 38.5 Å². The molecule has 20 rings (SSSR count). The highest BCUT2D eigenvalue weighted by molar-refractivity contribution is 6.34. The van der Waals surface area contributed by atoms with E-state index >= 15 is 0 Å². The average molecular weight is 443 g/mol. The van der Waals surface area contributed by atoms with Gasteiger partial charge in [-0.1, -0.05) is 78.6 Å². The Kier molecular flexibility index (Phi) is 0.951. The van der Waals surface area contributed by atoms with Gasteiger partial charge in [-0.25, -0.2) is 0 Å². The van der Waals surface area contributed by atoms with Crippen LogP contribution >= 0.6 is 0 Å². The third-order valence-electron chi connectivity index (χ3n) is 23.1. The first-order valence-corrected chi connectivity index (χ1v) is 16.3. The fourth-order valence-electron chi connectivity index (χ4n) is 25.9. The molecule has 34 heavy (non-hydrogen) atoms. The van der Waals surface area contributed by atoms with E-state index in [9.17, 15) is 0 Å². The van der Waals surface area contributed by atoms with Gasteiger partial charge in [0, 0.05) is 0 Å². The fourth-order valence-corrected chi connectivity index (χ4v) is 25.9. The van der Waals surface area contributed by atoms with Gasteiger partial charge in [-0.2, -0.15) is 0 Å². The molecular weight excluding hydrogens is 408 g/mol. The molecule has 0 nitrogen and oxygen atoms in total. The summed E-state index contributed by atoms with van der Waals surface area (Å²) in [5, 5.41) is 0. The first-order chi connectivity index (χ1) is 16.3. The molecule has 19 unspecified atom stereocenters. The maximum Gasteiger partial charge on any atom is -0.000000223 e. The van der Waals surface area contributed by atoms with Crippen LogP contribution in [0.5, 0.6) is 0 Å². The van der Waals surface area contributed by atoms with Crippen molar-refractivity contribution in [3.63, 3.8) is 0 Å². The summed E-state index contributed by atoms with van der Waals surface area (Å²) >= 11 is 0. The molecule has 0 saturated heterocycles. The van der Waals surface area contributed by atoms with E-state index in [4.69, 9.17) is 0 Å². The summed E-state index contributed by atoms with van der Waals surface area (Å²) in [7, 11) is 0. The largest absolute Gasteiger partial charge is 0.0776 e. The van der Waals surface area contributed by atoms with Crippen LogP contribution in [0.25, 0.3) is 0 Å². The Balaban J connectivity index is 0.000000155. The van der Waals surface area contributed by atoms with E-state index in [0.29, 0.717) is 0 Å². The summed E-state index contributed by atoms with van der Waals surface area (Å²) in [5.41, 5.74) is 19.2. The molecule has 170 valence electrons. The van der Waals surface area contributed by atoms with Gasteiger partial charge in [-0.05, 0) is 123 Å². The first-order valence-electron chi connectivity index (χ1n) is 16.3. The predicted molar refractivity (Wildman–Crippen MR) is 120 cm³/mol. The molecule has 20 fully saturated rings. The summed E-state index contributed by atoms with van der Waals surface area (Å²) in [6, 6.07) is 0. The lowest BCUT2D eigenvalue weighted by Crippen LogP contribution is -2.22. The van der Waals surface area contributed by atoms with E-state index in [1.807, 2.05) is 0 Å². The van der Waals surface area contributed by atoms with Gasteiger partial charge in [0.1, 0.15) is 0 Å². The lowest BCUT2D eigenvalue weighted by atomic mass is 9.77. The second-order valence-electron chi connectivity index (χ2n) is 19.4. The highest BCUT2D eigenvalue weighted by Gasteiger charge is 3.91. The van der Waals surface area contributed by atoms with Crippen LogP contribution in [0.4, 0.5) is 0 Å². The Hall–Kier alpha value is 0. The molecule has 0 aliphatic heterocycles. The van der Waals surface area contributed by atoms with Crippen LogP contribution in [-0.2, 0) is 0 Å². The summed E-state index contributed by atoms with van der Waals surface area (Å²) < 4.78 is 0. The smallest absolute Gasteiger partial charge is 0.000000223 e. The highest BCUT2D eigenvalue weighted by atomic mass is 15.9. The van der Waals surface area contributed by atoms with Crippen LogP contribution < -0.4 is 0 Å². The van der Waals surface area contributed by atoms with Crippen LogP contribution in [0.15, 0.2) is 0 Å². The Labute approximate surface area is 201 Å². The highest BCUT2D eigenvalue weighted by Crippen LogP contribution is 3.91. The molecule has 0 aromatic rings. The van der Waals surface area contributed by atoms with Crippen LogP contribution in [0, 0.1) is 116 Å². The Bertz CT molecular complexity index is 1670. The van der Waals surface area contributed by atoms with Crippen LogP contribution in [0.1, 0.15) is 85.0 Å². The van der Waals surface area contributed by atoms with Crippen molar-refractivity contribution in [3.8, 4) is 0 Å².